The van der Waals surface area contributed by atoms with Crippen molar-refractivity contribution in [3.8, 4) is 0 Å². The van der Waals surface area contributed by atoms with E-state index in [9.17, 15) is 13.2 Å². The Morgan fingerprint density at radius 1 is 1.37 bits per heavy atom. The van der Waals surface area contributed by atoms with E-state index in [0.29, 0.717) is 5.69 Å². The molecule has 0 radical (unpaired) electrons. The Labute approximate surface area is 114 Å². The second-order valence-corrected chi connectivity index (χ2v) is 6.00. The number of carbonyl (C=O) groups is 1. The molecule has 0 heterocycles. The standard InChI is InChI=1S/C13H19NO4S/c1-3-11-6-4-7-12(10-11)14-19(16,17)9-5-8-13(15)18-2/h4,6-7,10,14H,3,5,8-9H2,1-2H3. The summed E-state index contributed by atoms with van der Waals surface area (Å²) in [6, 6.07) is 7.26. The van der Waals surface area contributed by atoms with Crippen LogP contribution in [-0.2, 0) is 26.0 Å². The second-order valence-electron chi connectivity index (χ2n) is 4.15. The molecule has 106 valence electrons. The molecule has 0 spiro atoms. The Morgan fingerprint density at radius 2 is 2.11 bits per heavy atom. The molecule has 0 aliphatic heterocycles. The molecule has 0 fully saturated rings. The van der Waals surface area contributed by atoms with E-state index in [2.05, 4.69) is 9.46 Å². The van der Waals surface area contributed by atoms with Crippen LogP contribution in [0, 0.1) is 0 Å². The minimum atomic E-state index is -3.42. The lowest BCUT2D eigenvalue weighted by Crippen LogP contribution is -2.17. The van der Waals surface area contributed by atoms with E-state index in [-0.39, 0.29) is 18.6 Å². The van der Waals surface area contributed by atoms with Gasteiger partial charge in [0.25, 0.3) is 0 Å². The highest BCUT2D eigenvalue weighted by Crippen LogP contribution is 2.13. The topological polar surface area (TPSA) is 72.5 Å². The highest BCUT2D eigenvalue weighted by atomic mass is 32.2. The molecule has 0 saturated carbocycles. The number of sulfonamides is 1. The zero-order valence-corrected chi connectivity index (χ0v) is 12.0. The Balaban J connectivity index is 2.56. The van der Waals surface area contributed by atoms with Gasteiger partial charge in [0.2, 0.25) is 10.0 Å². The van der Waals surface area contributed by atoms with Crippen molar-refractivity contribution in [3.63, 3.8) is 0 Å². The average molecular weight is 285 g/mol. The quantitative estimate of drug-likeness (QED) is 0.777. The maximum absolute atomic E-state index is 11.8. The van der Waals surface area contributed by atoms with Gasteiger partial charge >= 0.3 is 5.97 Å². The number of nitrogens with one attached hydrogen (secondary N) is 1. The van der Waals surface area contributed by atoms with Crippen molar-refractivity contribution in [3.05, 3.63) is 29.8 Å². The average Bonchev–Trinajstić information content (AvgIpc) is 2.37. The first kappa shape index (κ1) is 15.5. The predicted molar refractivity (Wildman–Crippen MR) is 74.5 cm³/mol. The molecule has 0 aromatic heterocycles. The van der Waals surface area contributed by atoms with E-state index in [1.807, 2.05) is 19.1 Å². The van der Waals surface area contributed by atoms with Crippen LogP contribution in [0.4, 0.5) is 5.69 Å². The van der Waals surface area contributed by atoms with Gasteiger partial charge in [0.1, 0.15) is 0 Å². The van der Waals surface area contributed by atoms with Gasteiger partial charge in [0, 0.05) is 12.1 Å². The third-order valence-electron chi connectivity index (χ3n) is 2.63. The first-order chi connectivity index (χ1) is 8.96. The highest BCUT2D eigenvalue weighted by molar-refractivity contribution is 7.92. The van der Waals surface area contributed by atoms with Crippen LogP contribution in [-0.4, -0.2) is 27.2 Å². The smallest absolute Gasteiger partial charge is 0.305 e. The molecule has 0 bridgehead atoms. The molecule has 1 N–H and O–H groups in total. The summed E-state index contributed by atoms with van der Waals surface area (Å²) in [7, 11) is -2.14. The van der Waals surface area contributed by atoms with Crippen molar-refractivity contribution in [2.45, 2.75) is 26.2 Å². The van der Waals surface area contributed by atoms with E-state index in [4.69, 9.17) is 0 Å². The van der Waals surface area contributed by atoms with E-state index in [1.54, 1.807) is 12.1 Å². The number of carbonyl (C=O) groups excluding carboxylic acids is 1. The first-order valence-corrected chi connectivity index (χ1v) is 7.78. The van der Waals surface area contributed by atoms with Crippen molar-refractivity contribution >= 4 is 21.7 Å². The van der Waals surface area contributed by atoms with E-state index >= 15 is 0 Å². The Kier molecular flexibility index (Phi) is 5.82. The molecule has 1 aromatic rings. The van der Waals surface area contributed by atoms with Crippen molar-refractivity contribution in [2.24, 2.45) is 0 Å². The maximum Gasteiger partial charge on any atom is 0.305 e. The van der Waals surface area contributed by atoms with Gasteiger partial charge < -0.3 is 4.74 Å². The summed E-state index contributed by atoms with van der Waals surface area (Å²) in [6.07, 6.45) is 1.19. The van der Waals surface area contributed by atoms with E-state index in [0.717, 1.165) is 12.0 Å². The van der Waals surface area contributed by atoms with Crippen LogP contribution in [0.5, 0.6) is 0 Å². The fourth-order valence-electron chi connectivity index (χ4n) is 1.59. The lowest BCUT2D eigenvalue weighted by Gasteiger charge is -2.08. The normalized spacial score (nSPS) is 11.1. The molecule has 0 aliphatic carbocycles. The first-order valence-electron chi connectivity index (χ1n) is 6.13. The molecule has 0 unspecified atom stereocenters. The summed E-state index contributed by atoms with van der Waals surface area (Å²) < 4.78 is 30.6. The third-order valence-corrected chi connectivity index (χ3v) is 4.00. The largest absolute Gasteiger partial charge is 0.469 e. The SMILES string of the molecule is CCc1cccc(NS(=O)(=O)CCCC(=O)OC)c1. The molecule has 0 saturated heterocycles. The lowest BCUT2D eigenvalue weighted by atomic mass is 10.1. The number of hydrogen-bond donors (Lipinski definition) is 1. The summed E-state index contributed by atoms with van der Waals surface area (Å²) in [5.74, 6) is -0.499. The van der Waals surface area contributed by atoms with Gasteiger partial charge in [0.05, 0.1) is 12.9 Å². The van der Waals surface area contributed by atoms with Gasteiger partial charge in [-0.25, -0.2) is 8.42 Å². The Bertz CT molecular complexity index is 525. The fourth-order valence-corrected chi connectivity index (χ4v) is 2.71. The molecular weight excluding hydrogens is 266 g/mol. The van der Waals surface area contributed by atoms with Crippen molar-refractivity contribution in [2.75, 3.05) is 17.6 Å². The van der Waals surface area contributed by atoms with Crippen LogP contribution in [0.2, 0.25) is 0 Å². The molecule has 0 atom stereocenters. The summed E-state index contributed by atoms with van der Waals surface area (Å²) in [6.45, 7) is 2.00. The summed E-state index contributed by atoms with van der Waals surface area (Å²) in [5, 5.41) is 0. The molecule has 19 heavy (non-hydrogen) atoms. The monoisotopic (exact) mass is 285 g/mol. The van der Waals surface area contributed by atoms with E-state index in [1.165, 1.54) is 7.11 Å². The summed E-state index contributed by atoms with van der Waals surface area (Å²) in [5.41, 5.74) is 1.62. The Hall–Kier alpha value is -1.56. The number of aryl methyl sites for hydroxylation is 1. The maximum atomic E-state index is 11.8. The van der Waals surface area contributed by atoms with Crippen molar-refractivity contribution in [1.82, 2.24) is 0 Å². The number of esters is 1. The number of hydrogen-bond acceptors (Lipinski definition) is 4. The number of anilines is 1. The van der Waals surface area contributed by atoms with Crippen molar-refractivity contribution < 1.29 is 17.9 Å². The van der Waals surface area contributed by atoms with Crippen LogP contribution in [0.25, 0.3) is 0 Å². The van der Waals surface area contributed by atoms with Gasteiger partial charge in [0.15, 0.2) is 0 Å². The van der Waals surface area contributed by atoms with Crippen LogP contribution in [0.1, 0.15) is 25.3 Å². The zero-order valence-electron chi connectivity index (χ0n) is 11.2. The van der Waals surface area contributed by atoms with Gasteiger partial charge in [-0.2, -0.15) is 0 Å². The number of methoxy groups -OCH3 is 1. The summed E-state index contributed by atoms with van der Waals surface area (Å²) in [4.78, 5) is 10.9. The van der Waals surface area contributed by atoms with Gasteiger partial charge in [-0.15, -0.1) is 0 Å². The molecule has 5 nitrogen and oxygen atoms in total. The molecule has 0 aliphatic rings. The van der Waals surface area contributed by atoms with Gasteiger partial charge in [-0.3, -0.25) is 9.52 Å². The Morgan fingerprint density at radius 3 is 2.74 bits per heavy atom. The predicted octanol–water partition coefficient (Wildman–Crippen LogP) is 1.94. The molecular formula is C13H19NO4S. The van der Waals surface area contributed by atoms with Gasteiger partial charge in [-0.1, -0.05) is 19.1 Å². The third kappa shape index (κ3) is 5.74. The van der Waals surface area contributed by atoms with Crippen LogP contribution < -0.4 is 4.72 Å². The molecule has 6 heteroatoms. The van der Waals surface area contributed by atoms with Crippen molar-refractivity contribution in [1.29, 1.82) is 0 Å². The van der Waals surface area contributed by atoms with E-state index < -0.39 is 16.0 Å². The number of rotatable bonds is 7. The molecule has 1 rings (SSSR count). The fraction of sp³-hybridized carbons (Fsp3) is 0.462. The number of benzene rings is 1. The molecule has 0 amide bonds. The minimum absolute atomic E-state index is 0.0988. The minimum Gasteiger partial charge on any atom is -0.469 e. The van der Waals surface area contributed by atoms with Gasteiger partial charge in [-0.05, 0) is 30.5 Å². The highest BCUT2D eigenvalue weighted by Gasteiger charge is 2.12. The lowest BCUT2D eigenvalue weighted by molar-refractivity contribution is -0.140. The molecule has 1 aromatic carbocycles. The summed E-state index contributed by atoms with van der Waals surface area (Å²) >= 11 is 0. The zero-order chi connectivity index (χ0) is 14.3. The second kappa shape index (κ2) is 7.13. The van der Waals surface area contributed by atoms with Crippen LogP contribution >= 0.6 is 0 Å². The number of ether oxygens (including phenoxy) is 1. The van der Waals surface area contributed by atoms with Crippen LogP contribution in [0.3, 0.4) is 0 Å². The van der Waals surface area contributed by atoms with Crippen LogP contribution in [0.15, 0.2) is 24.3 Å².